The van der Waals surface area contributed by atoms with Crippen molar-refractivity contribution in [2.24, 2.45) is 0 Å². The lowest BCUT2D eigenvalue weighted by Gasteiger charge is -2.17. The molecule has 1 amide bonds. The van der Waals surface area contributed by atoms with Gasteiger partial charge in [-0.05, 0) is 58.6 Å². The molecule has 3 aromatic rings. The number of benzene rings is 1. The zero-order chi connectivity index (χ0) is 23.3. The van der Waals surface area contributed by atoms with Crippen molar-refractivity contribution in [3.05, 3.63) is 52.2 Å². The van der Waals surface area contributed by atoms with Crippen LogP contribution < -0.4 is 5.32 Å². The van der Waals surface area contributed by atoms with Crippen molar-refractivity contribution in [3.8, 4) is 0 Å². The third-order valence-corrected chi connectivity index (χ3v) is 7.34. The lowest BCUT2D eigenvalue weighted by molar-refractivity contribution is -0.120. The molecule has 2 atom stereocenters. The van der Waals surface area contributed by atoms with Gasteiger partial charge in [-0.25, -0.2) is 14.8 Å². The minimum absolute atomic E-state index is 0.0292. The maximum atomic E-state index is 12.8. The minimum atomic E-state index is -0.348. The van der Waals surface area contributed by atoms with E-state index in [0.29, 0.717) is 17.3 Å². The zero-order valence-electron chi connectivity index (χ0n) is 19.1. The minimum Gasteiger partial charge on any atom is -0.462 e. The van der Waals surface area contributed by atoms with Crippen LogP contribution in [0.4, 0.5) is 0 Å². The maximum Gasteiger partial charge on any atom is 0.348 e. The molecule has 1 N–H and O–H groups in total. The molecule has 0 spiro atoms. The third kappa shape index (κ3) is 5.86. The second kappa shape index (κ2) is 10.9. The van der Waals surface area contributed by atoms with Gasteiger partial charge in [0.25, 0.3) is 0 Å². The molecule has 8 heteroatoms. The van der Waals surface area contributed by atoms with Gasteiger partial charge in [0, 0.05) is 11.4 Å². The molecule has 170 valence electrons. The SMILES string of the molecule is CCOC(=O)c1sc2nc(C)nc(S[C@@H](C)C(=O)N[C@@H](C)CCc3ccccc3)c2c1C. The van der Waals surface area contributed by atoms with E-state index >= 15 is 0 Å². The van der Waals surface area contributed by atoms with E-state index < -0.39 is 0 Å². The van der Waals surface area contributed by atoms with Gasteiger partial charge in [0.05, 0.1) is 11.9 Å². The van der Waals surface area contributed by atoms with Crippen LogP contribution in [-0.2, 0) is 16.0 Å². The highest BCUT2D eigenvalue weighted by Gasteiger charge is 2.24. The van der Waals surface area contributed by atoms with Crippen LogP contribution in [0.2, 0.25) is 0 Å². The summed E-state index contributed by atoms with van der Waals surface area (Å²) in [5.41, 5.74) is 2.06. The van der Waals surface area contributed by atoms with Gasteiger partial charge < -0.3 is 10.1 Å². The molecule has 0 aliphatic rings. The molecule has 0 fully saturated rings. The van der Waals surface area contributed by atoms with Crippen molar-refractivity contribution < 1.29 is 14.3 Å². The Labute approximate surface area is 197 Å². The molecule has 0 aliphatic carbocycles. The van der Waals surface area contributed by atoms with Crippen LogP contribution in [0.5, 0.6) is 0 Å². The first kappa shape index (κ1) is 24.2. The van der Waals surface area contributed by atoms with Gasteiger partial charge in [-0.2, -0.15) is 0 Å². The van der Waals surface area contributed by atoms with E-state index in [1.165, 1.54) is 28.7 Å². The maximum absolute atomic E-state index is 12.8. The van der Waals surface area contributed by atoms with Crippen molar-refractivity contribution in [2.45, 2.75) is 63.8 Å². The molecule has 0 bridgehead atoms. The molecule has 32 heavy (non-hydrogen) atoms. The van der Waals surface area contributed by atoms with E-state index in [-0.39, 0.29) is 23.2 Å². The number of hydrogen-bond donors (Lipinski definition) is 1. The van der Waals surface area contributed by atoms with E-state index in [1.54, 1.807) is 6.92 Å². The van der Waals surface area contributed by atoms with Gasteiger partial charge in [-0.15, -0.1) is 11.3 Å². The number of rotatable bonds is 9. The molecule has 2 heterocycles. The largest absolute Gasteiger partial charge is 0.462 e. The number of aromatic nitrogens is 2. The van der Waals surface area contributed by atoms with E-state index in [9.17, 15) is 9.59 Å². The number of nitrogens with zero attached hydrogens (tertiary/aromatic N) is 2. The zero-order valence-corrected chi connectivity index (χ0v) is 20.7. The van der Waals surface area contributed by atoms with Crippen molar-refractivity contribution in [2.75, 3.05) is 6.61 Å². The quantitative estimate of drug-likeness (QED) is 0.266. The number of nitrogens with one attached hydrogen (secondary N) is 1. The Morgan fingerprint density at radius 2 is 1.88 bits per heavy atom. The fourth-order valence-electron chi connectivity index (χ4n) is 3.36. The summed E-state index contributed by atoms with van der Waals surface area (Å²) >= 11 is 2.71. The number of thioether (sulfide) groups is 1. The number of ether oxygens (including phenoxy) is 1. The molecule has 0 saturated carbocycles. The highest BCUT2D eigenvalue weighted by Crippen LogP contribution is 2.37. The lowest BCUT2D eigenvalue weighted by Crippen LogP contribution is -2.37. The van der Waals surface area contributed by atoms with Gasteiger partial charge in [0.2, 0.25) is 5.91 Å². The first-order valence-electron chi connectivity index (χ1n) is 10.8. The Kier molecular flexibility index (Phi) is 8.26. The Hall–Kier alpha value is -2.45. The number of hydrogen-bond acceptors (Lipinski definition) is 7. The number of esters is 1. The third-order valence-electron chi connectivity index (χ3n) is 5.08. The van der Waals surface area contributed by atoms with Gasteiger partial charge >= 0.3 is 5.97 Å². The van der Waals surface area contributed by atoms with E-state index in [0.717, 1.165) is 33.6 Å². The van der Waals surface area contributed by atoms with Gasteiger partial charge in [0.15, 0.2) is 0 Å². The second-order valence-electron chi connectivity index (χ2n) is 7.73. The van der Waals surface area contributed by atoms with Gasteiger partial charge in [-0.3, -0.25) is 4.79 Å². The summed E-state index contributed by atoms with van der Waals surface area (Å²) in [4.78, 5) is 35.5. The predicted molar refractivity (Wildman–Crippen MR) is 131 cm³/mol. The number of carbonyl (C=O) groups is 2. The molecule has 3 rings (SSSR count). The highest BCUT2D eigenvalue weighted by molar-refractivity contribution is 8.00. The highest BCUT2D eigenvalue weighted by atomic mass is 32.2. The number of amides is 1. The normalized spacial score (nSPS) is 13.0. The second-order valence-corrected chi connectivity index (χ2v) is 10.1. The molecule has 1 aromatic carbocycles. The summed E-state index contributed by atoms with van der Waals surface area (Å²) < 4.78 is 5.18. The standard InChI is InChI=1S/C24H29N3O3S2/c1-6-30-24(29)20-15(3)19-22(26-17(5)27-23(19)32-20)31-16(4)21(28)25-14(2)12-13-18-10-8-7-9-11-18/h7-11,14,16H,6,12-13H2,1-5H3,(H,25,28)/t14-,16-/m0/s1. The molecular weight excluding hydrogens is 442 g/mol. The Bertz CT molecular complexity index is 1100. The topological polar surface area (TPSA) is 81.2 Å². The summed E-state index contributed by atoms with van der Waals surface area (Å²) in [6.45, 7) is 9.70. The average Bonchev–Trinajstić information content (AvgIpc) is 3.09. The molecule has 6 nitrogen and oxygen atoms in total. The predicted octanol–water partition coefficient (Wildman–Crippen LogP) is 5.10. The fraction of sp³-hybridized carbons (Fsp3) is 0.417. The van der Waals surface area contributed by atoms with Crippen molar-refractivity contribution >= 4 is 45.2 Å². The number of aryl methyl sites for hydroxylation is 3. The Morgan fingerprint density at radius 1 is 1.16 bits per heavy atom. The van der Waals surface area contributed by atoms with Crippen LogP contribution in [0, 0.1) is 13.8 Å². The summed E-state index contributed by atoms with van der Waals surface area (Å²) in [7, 11) is 0. The summed E-state index contributed by atoms with van der Waals surface area (Å²) in [5, 5.41) is 4.32. The fourth-order valence-corrected chi connectivity index (χ4v) is 5.61. The monoisotopic (exact) mass is 471 g/mol. The van der Waals surface area contributed by atoms with E-state index in [1.807, 2.05) is 45.9 Å². The van der Waals surface area contributed by atoms with Crippen LogP contribution in [0.15, 0.2) is 35.4 Å². The van der Waals surface area contributed by atoms with Crippen LogP contribution in [0.3, 0.4) is 0 Å². The summed E-state index contributed by atoms with van der Waals surface area (Å²) in [5.74, 6) is 0.235. The average molecular weight is 472 g/mol. The Balaban J connectivity index is 1.70. The van der Waals surface area contributed by atoms with E-state index in [4.69, 9.17) is 4.74 Å². The molecule has 0 radical (unpaired) electrons. The summed E-state index contributed by atoms with van der Waals surface area (Å²) in [6.07, 6.45) is 1.79. The van der Waals surface area contributed by atoms with Crippen LogP contribution in [0.1, 0.15) is 53.8 Å². The van der Waals surface area contributed by atoms with Crippen LogP contribution in [-0.4, -0.2) is 39.7 Å². The van der Waals surface area contributed by atoms with Gasteiger partial charge in [-0.1, -0.05) is 42.1 Å². The number of thiophene rings is 1. The molecule has 0 aliphatic heterocycles. The molecule has 0 unspecified atom stereocenters. The van der Waals surface area contributed by atoms with Crippen molar-refractivity contribution in [3.63, 3.8) is 0 Å². The van der Waals surface area contributed by atoms with Crippen molar-refractivity contribution in [1.82, 2.24) is 15.3 Å². The summed E-state index contributed by atoms with van der Waals surface area (Å²) in [6, 6.07) is 10.3. The number of carbonyl (C=O) groups excluding carboxylic acids is 2. The lowest BCUT2D eigenvalue weighted by atomic mass is 10.1. The molecule has 0 saturated heterocycles. The van der Waals surface area contributed by atoms with E-state index in [2.05, 4.69) is 27.4 Å². The van der Waals surface area contributed by atoms with Gasteiger partial charge in [0.1, 0.15) is 20.6 Å². The smallest absolute Gasteiger partial charge is 0.348 e. The van der Waals surface area contributed by atoms with Crippen molar-refractivity contribution in [1.29, 1.82) is 0 Å². The number of fused-ring (bicyclic) bond motifs is 1. The Morgan fingerprint density at radius 3 is 2.56 bits per heavy atom. The molecular formula is C24H29N3O3S2. The first-order valence-corrected chi connectivity index (χ1v) is 12.5. The van der Waals surface area contributed by atoms with Crippen LogP contribution in [0.25, 0.3) is 10.2 Å². The molecule has 2 aromatic heterocycles. The van der Waals surface area contributed by atoms with Crippen LogP contribution >= 0.6 is 23.1 Å². The first-order chi connectivity index (χ1) is 15.3.